The number of aryl methyl sites for hydroxylation is 1. The molecule has 2 aliphatic heterocycles. The first kappa shape index (κ1) is 24.3. The monoisotopic (exact) mass is 486 g/mol. The van der Waals surface area contributed by atoms with Gasteiger partial charge in [-0.1, -0.05) is 11.6 Å². The van der Waals surface area contributed by atoms with Crippen LogP contribution in [0.3, 0.4) is 0 Å². The Morgan fingerprint density at radius 2 is 1.94 bits per heavy atom. The van der Waals surface area contributed by atoms with E-state index in [4.69, 9.17) is 16.3 Å². The van der Waals surface area contributed by atoms with Crippen molar-refractivity contribution < 1.29 is 19.4 Å². The molecule has 4 rings (SSSR count). The number of amides is 2. The quantitative estimate of drug-likeness (QED) is 0.615. The van der Waals surface area contributed by atoms with Crippen molar-refractivity contribution in [3.63, 3.8) is 0 Å². The first-order chi connectivity index (χ1) is 16.0. The van der Waals surface area contributed by atoms with E-state index >= 15 is 0 Å². The summed E-state index contributed by atoms with van der Waals surface area (Å²) < 4.78 is 5.47. The number of hydrogen-bond donors (Lipinski definition) is 2. The summed E-state index contributed by atoms with van der Waals surface area (Å²) in [5.74, 6) is 0.116. The van der Waals surface area contributed by atoms with Crippen molar-refractivity contribution in [1.82, 2.24) is 9.88 Å². The molecule has 1 atom stereocenters. The number of carbonyl (C=O) groups excluding carboxylic acids is 2. The average molecular weight is 487 g/mol. The summed E-state index contributed by atoms with van der Waals surface area (Å²) in [6.45, 7) is 10.5. The second-order valence-electron chi connectivity index (χ2n) is 9.92. The van der Waals surface area contributed by atoms with Gasteiger partial charge in [-0.05, 0) is 71.2 Å². The summed E-state index contributed by atoms with van der Waals surface area (Å²) in [5.41, 5.74) is 2.53. The van der Waals surface area contributed by atoms with E-state index in [0.29, 0.717) is 27.7 Å². The van der Waals surface area contributed by atoms with Crippen molar-refractivity contribution in [3.05, 3.63) is 46.1 Å². The maximum atomic E-state index is 13.4. The molecule has 0 saturated carbocycles. The number of nitrogens with zero attached hydrogens (tertiary/aromatic N) is 3. The Bertz CT molecular complexity index is 1110. The predicted molar refractivity (Wildman–Crippen MR) is 132 cm³/mol. The summed E-state index contributed by atoms with van der Waals surface area (Å²) in [5, 5.41) is 13.4. The van der Waals surface area contributed by atoms with Crippen molar-refractivity contribution in [2.24, 2.45) is 0 Å². The zero-order valence-corrected chi connectivity index (χ0v) is 20.9. The number of rotatable bonds is 3. The molecule has 0 bridgehead atoms. The Kier molecular flexibility index (Phi) is 6.48. The van der Waals surface area contributed by atoms with E-state index in [2.05, 4.69) is 15.2 Å². The molecular weight excluding hydrogens is 456 g/mol. The largest absolute Gasteiger partial charge is 0.443 e. The molecular formula is C25H31ClN4O4. The zero-order chi connectivity index (χ0) is 24.8. The Labute approximate surface area is 204 Å². The Morgan fingerprint density at radius 1 is 1.26 bits per heavy atom. The van der Waals surface area contributed by atoms with Crippen LogP contribution in [0.5, 0.6) is 0 Å². The number of anilines is 3. The molecule has 1 saturated heterocycles. The highest BCUT2D eigenvalue weighted by atomic mass is 35.5. The van der Waals surface area contributed by atoms with E-state index in [9.17, 15) is 14.7 Å². The molecule has 0 spiro atoms. The van der Waals surface area contributed by atoms with Gasteiger partial charge in [0, 0.05) is 23.7 Å². The van der Waals surface area contributed by atoms with E-state index in [0.717, 1.165) is 42.1 Å². The minimum absolute atomic E-state index is 0.236. The number of halogens is 1. The number of aromatic nitrogens is 1. The summed E-state index contributed by atoms with van der Waals surface area (Å²) in [6.07, 6.45) is 2.33. The number of aliphatic hydroxyl groups excluding tert-OH is 1. The summed E-state index contributed by atoms with van der Waals surface area (Å²) in [4.78, 5) is 34.0. The first-order valence-electron chi connectivity index (χ1n) is 11.5. The van der Waals surface area contributed by atoms with Gasteiger partial charge in [0.15, 0.2) is 0 Å². The van der Waals surface area contributed by atoms with E-state index < -0.39 is 23.6 Å². The first-order valence-corrected chi connectivity index (χ1v) is 11.9. The van der Waals surface area contributed by atoms with Gasteiger partial charge in [0.2, 0.25) is 0 Å². The highest BCUT2D eigenvalue weighted by molar-refractivity contribution is 6.33. The lowest BCUT2D eigenvalue weighted by molar-refractivity contribution is 0.0203. The number of aliphatic hydroxyl groups is 1. The number of benzene rings is 1. The van der Waals surface area contributed by atoms with Crippen LogP contribution in [-0.4, -0.2) is 51.8 Å². The smallest absolute Gasteiger partial charge is 0.417 e. The minimum Gasteiger partial charge on any atom is -0.443 e. The van der Waals surface area contributed by atoms with Crippen molar-refractivity contribution in [1.29, 1.82) is 0 Å². The molecule has 1 fully saturated rings. The summed E-state index contributed by atoms with van der Waals surface area (Å²) >= 11 is 6.60. The topological polar surface area (TPSA) is 95.0 Å². The lowest BCUT2D eigenvalue weighted by Gasteiger charge is -2.31. The zero-order valence-electron chi connectivity index (χ0n) is 20.2. The molecule has 1 aromatic heterocycles. The van der Waals surface area contributed by atoms with E-state index in [1.54, 1.807) is 40.0 Å². The van der Waals surface area contributed by atoms with Gasteiger partial charge in [0.1, 0.15) is 11.4 Å². The number of piperidine rings is 1. The SMILES string of the molecule is Cc1cc(Nc2ccc(N3CCC(O)CC3)cn2)c2c(c1Cl)C(C)N(C(=O)OC(C)(C)C)C2=O. The van der Waals surface area contributed by atoms with Crippen LogP contribution in [0, 0.1) is 6.92 Å². The van der Waals surface area contributed by atoms with Gasteiger partial charge in [0.05, 0.1) is 35.3 Å². The van der Waals surface area contributed by atoms with Crippen LogP contribution < -0.4 is 10.2 Å². The Balaban J connectivity index is 1.61. The van der Waals surface area contributed by atoms with E-state index in [-0.39, 0.29) is 6.10 Å². The van der Waals surface area contributed by atoms with Crippen molar-refractivity contribution in [2.45, 2.75) is 65.2 Å². The Hall–Kier alpha value is -2.84. The standard InChI is InChI=1S/C25H31ClN4O4/c1-14-12-18(28-19-7-6-16(13-27-19)29-10-8-17(31)9-11-29)21-20(22(14)26)15(2)30(23(21)32)24(33)34-25(3,4)5/h6-7,12-13,15,17,31H,8-11H2,1-5H3,(H,27,28). The summed E-state index contributed by atoms with van der Waals surface area (Å²) in [6, 6.07) is 5.06. The van der Waals surface area contributed by atoms with Gasteiger partial charge in [0.25, 0.3) is 5.91 Å². The molecule has 2 amide bonds. The number of carbonyl (C=O) groups is 2. The molecule has 2 aliphatic rings. The minimum atomic E-state index is -0.731. The number of nitrogens with one attached hydrogen (secondary N) is 1. The van der Waals surface area contributed by atoms with Gasteiger partial charge in [-0.15, -0.1) is 0 Å². The van der Waals surface area contributed by atoms with Gasteiger partial charge in [-0.3, -0.25) is 4.79 Å². The molecule has 9 heteroatoms. The fourth-order valence-corrected chi connectivity index (χ4v) is 4.73. The highest BCUT2D eigenvalue weighted by Crippen LogP contribution is 2.44. The molecule has 2 N–H and O–H groups in total. The highest BCUT2D eigenvalue weighted by Gasteiger charge is 2.43. The lowest BCUT2D eigenvalue weighted by atomic mass is 10.00. The normalized spacial score (nSPS) is 18.8. The van der Waals surface area contributed by atoms with Crippen molar-refractivity contribution in [2.75, 3.05) is 23.3 Å². The second-order valence-corrected chi connectivity index (χ2v) is 10.3. The average Bonchev–Trinajstić information content (AvgIpc) is 3.02. The molecule has 0 aliphatic carbocycles. The number of fused-ring (bicyclic) bond motifs is 1. The fourth-order valence-electron chi connectivity index (χ4n) is 4.43. The molecule has 2 aromatic rings. The van der Waals surface area contributed by atoms with Gasteiger partial charge in [-0.2, -0.15) is 0 Å². The summed E-state index contributed by atoms with van der Waals surface area (Å²) in [7, 11) is 0. The molecule has 3 heterocycles. The van der Waals surface area contributed by atoms with Gasteiger partial charge < -0.3 is 20.1 Å². The molecule has 34 heavy (non-hydrogen) atoms. The number of ether oxygens (including phenoxy) is 1. The number of imide groups is 1. The maximum absolute atomic E-state index is 13.4. The van der Waals surface area contributed by atoms with Crippen LogP contribution in [-0.2, 0) is 4.74 Å². The second kappa shape index (κ2) is 9.07. The molecule has 1 unspecified atom stereocenters. The van der Waals surface area contributed by atoms with Crippen LogP contribution in [0.2, 0.25) is 5.02 Å². The van der Waals surface area contributed by atoms with Gasteiger partial charge in [-0.25, -0.2) is 14.7 Å². The fraction of sp³-hybridized carbons (Fsp3) is 0.480. The van der Waals surface area contributed by atoms with Crippen LogP contribution >= 0.6 is 11.6 Å². The third-order valence-corrected chi connectivity index (χ3v) is 6.65. The predicted octanol–water partition coefficient (Wildman–Crippen LogP) is 5.20. The van der Waals surface area contributed by atoms with E-state index in [1.165, 1.54) is 0 Å². The van der Waals surface area contributed by atoms with Crippen LogP contribution in [0.25, 0.3) is 0 Å². The van der Waals surface area contributed by atoms with Crippen molar-refractivity contribution >= 4 is 40.8 Å². The maximum Gasteiger partial charge on any atom is 0.417 e. The molecule has 8 nitrogen and oxygen atoms in total. The molecule has 1 aromatic carbocycles. The third kappa shape index (κ3) is 4.70. The number of hydrogen-bond acceptors (Lipinski definition) is 7. The van der Waals surface area contributed by atoms with Gasteiger partial charge >= 0.3 is 6.09 Å². The van der Waals surface area contributed by atoms with Crippen LogP contribution in [0.4, 0.5) is 22.0 Å². The third-order valence-electron chi connectivity index (χ3n) is 6.15. The molecule has 0 radical (unpaired) electrons. The van der Waals surface area contributed by atoms with Crippen LogP contribution in [0.15, 0.2) is 24.4 Å². The van der Waals surface area contributed by atoms with E-state index in [1.807, 2.05) is 19.1 Å². The molecule has 182 valence electrons. The van der Waals surface area contributed by atoms with Crippen LogP contribution in [0.1, 0.15) is 68.1 Å². The Morgan fingerprint density at radius 3 is 2.53 bits per heavy atom. The lowest BCUT2D eigenvalue weighted by Crippen LogP contribution is -2.38. The van der Waals surface area contributed by atoms with Crippen molar-refractivity contribution in [3.8, 4) is 0 Å². The number of pyridine rings is 1.